The Morgan fingerprint density at radius 2 is 1.84 bits per heavy atom. The quantitative estimate of drug-likeness (QED) is 0.865. The molecule has 130 valence electrons. The highest BCUT2D eigenvalue weighted by Crippen LogP contribution is 2.27. The summed E-state index contributed by atoms with van der Waals surface area (Å²) in [5.74, 6) is 0.0437. The molecule has 2 aromatic rings. The van der Waals surface area contributed by atoms with Crippen molar-refractivity contribution in [1.29, 1.82) is 0 Å². The molecule has 0 unspecified atom stereocenters. The minimum Gasteiger partial charge on any atom is -0.324 e. The van der Waals surface area contributed by atoms with Crippen LogP contribution in [0.4, 0.5) is 5.69 Å². The lowest BCUT2D eigenvalue weighted by Gasteiger charge is -2.28. The molecule has 0 radical (unpaired) electrons. The van der Waals surface area contributed by atoms with Gasteiger partial charge in [0.1, 0.15) is 6.04 Å². The molecule has 1 N–H and O–H groups in total. The number of amides is 2. The molecule has 5 heteroatoms. The van der Waals surface area contributed by atoms with E-state index in [1.54, 1.807) is 29.2 Å². The first-order chi connectivity index (χ1) is 12.0. The van der Waals surface area contributed by atoms with E-state index in [2.05, 4.69) is 19.2 Å². The average molecular weight is 357 g/mol. The first-order valence-corrected chi connectivity index (χ1v) is 8.79. The second-order valence-corrected chi connectivity index (χ2v) is 7.17. The Hall–Kier alpha value is -2.33. The average Bonchev–Trinajstić information content (AvgIpc) is 2.91. The summed E-state index contributed by atoms with van der Waals surface area (Å²) in [6.07, 6.45) is 0.610. The number of benzene rings is 2. The summed E-state index contributed by atoms with van der Waals surface area (Å²) in [4.78, 5) is 27.3. The summed E-state index contributed by atoms with van der Waals surface area (Å²) >= 11 is 5.89. The van der Waals surface area contributed by atoms with Gasteiger partial charge in [0, 0.05) is 22.8 Å². The number of nitrogens with one attached hydrogen (secondary N) is 1. The van der Waals surface area contributed by atoms with Gasteiger partial charge < -0.3 is 10.2 Å². The van der Waals surface area contributed by atoms with E-state index in [0.29, 0.717) is 29.2 Å². The van der Waals surface area contributed by atoms with Crippen molar-refractivity contribution >= 4 is 29.1 Å². The van der Waals surface area contributed by atoms with Crippen LogP contribution in [0.1, 0.15) is 36.2 Å². The molecule has 1 heterocycles. The number of halogens is 1. The topological polar surface area (TPSA) is 49.4 Å². The third-order valence-electron chi connectivity index (χ3n) is 4.33. The maximum atomic E-state index is 12.9. The fourth-order valence-electron chi connectivity index (χ4n) is 3.11. The van der Waals surface area contributed by atoms with Gasteiger partial charge in [0.25, 0.3) is 5.91 Å². The highest BCUT2D eigenvalue weighted by molar-refractivity contribution is 6.30. The second kappa shape index (κ2) is 7.28. The zero-order valence-electron chi connectivity index (χ0n) is 14.3. The summed E-state index contributed by atoms with van der Waals surface area (Å²) < 4.78 is 0. The Labute approximate surface area is 152 Å². The van der Waals surface area contributed by atoms with Gasteiger partial charge in [0.15, 0.2) is 0 Å². The van der Waals surface area contributed by atoms with Crippen LogP contribution < -0.4 is 5.32 Å². The van der Waals surface area contributed by atoms with Gasteiger partial charge in [-0.2, -0.15) is 0 Å². The molecule has 0 spiro atoms. The maximum Gasteiger partial charge on any atom is 0.255 e. The third-order valence-corrected chi connectivity index (χ3v) is 4.59. The molecule has 1 aliphatic rings. The van der Waals surface area contributed by atoms with E-state index in [-0.39, 0.29) is 17.7 Å². The molecule has 0 bridgehead atoms. The minimum atomic E-state index is -0.504. The summed E-state index contributed by atoms with van der Waals surface area (Å²) in [5, 5.41) is 3.52. The number of carbonyl (C=O) groups excluding carboxylic acids is 2. The molecule has 2 aromatic carbocycles. The van der Waals surface area contributed by atoms with E-state index in [4.69, 9.17) is 11.6 Å². The fourth-order valence-corrected chi connectivity index (χ4v) is 3.24. The van der Waals surface area contributed by atoms with Crippen molar-refractivity contribution in [1.82, 2.24) is 4.90 Å². The van der Waals surface area contributed by atoms with E-state index in [1.807, 2.05) is 24.3 Å². The van der Waals surface area contributed by atoms with Crippen molar-refractivity contribution in [2.75, 3.05) is 5.32 Å². The highest BCUT2D eigenvalue weighted by Gasteiger charge is 2.36. The van der Waals surface area contributed by atoms with Crippen LogP contribution in [0.2, 0.25) is 5.02 Å². The van der Waals surface area contributed by atoms with Crippen LogP contribution in [0, 0.1) is 5.92 Å². The van der Waals surface area contributed by atoms with Gasteiger partial charge in [-0.25, -0.2) is 0 Å². The smallest absolute Gasteiger partial charge is 0.255 e. The predicted octanol–water partition coefficient (Wildman–Crippen LogP) is 4.35. The van der Waals surface area contributed by atoms with Crippen molar-refractivity contribution in [3.05, 3.63) is 64.7 Å². The van der Waals surface area contributed by atoms with Crippen molar-refractivity contribution < 1.29 is 9.59 Å². The second-order valence-electron chi connectivity index (χ2n) is 6.73. The molecule has 3 rings (SSSR count). The van der Waals surface area contributed by atoms with Gasteiger partial charge in [0.2, 0.25) is 5.91 Å². The number of hydrogen-bond acceptors (Lipinski definition) is 2. The van der Waals surface area contributed by atoms with Crippen LogP contribution in [-0.2, 0) is 11.3 Å². The number of carbonyl (C=O) groups is 2. The first kappa shape index (κ1) is 17.5. The maximum absolute atomic E-state index is 12.9. The Kier molecular flexibility index (Phi) is 5.09. The molecule has 0 fully saturated rings. The zero-order chi connectivity index (χ0) is 18.0. The van der Waals surface area contributed by atoms with Crippen LogP contribution in [0.25, 0.3) is 0 Å². The van der Waals surface area contributed by atoms with Gasteiger partial charge >= 0.3 is 0 Å². The largest absolute Gasteiger partial charge is 0.324 e. The highest BCUT2D eigenvalue weighted by atomic mass is 35.5. The van der Waals surface area contributed by atoms with Crippen LogP contribution in [0.5, 0.6) is 0 Å². The number of nitrogens with zero attached hydrogens (tertiary/aromatic N) is 1. The minimum absolute atomic E-state index is 0.0764. The summed E-state index contributed by atoms with van der Waals surface area (Å²) in [5.41, 5.74) is 2.34. The monoisotopic (exact) mass is 356 g/mol. The van der Waals surface area contributed by atoms with Crippen LogP contribution in [-0.4, -0.2) is 22.8 Å². The third kappa shape index (κ3) is 3.85. The molecule has 2 amide bonds. The van der Waals surface area contributed by atoms with Crippen LogP contribution in [0.15, 0.2) is 48.5 Å². The molecule has 1 aliphatic heterocycles. The summed E-state index contributed by atoms with van der Waals surface area (Å²) in [7, 11) is 0. The SMILES string of the molecule is CC(C)C[C@@H](C(=O)Nc1ccc(Cl)cc1)N1Cc2ccccc2C1=O. The Bertz CT molecular complexity index is 787. The standard InChI is InChI=1S/C20H21ClN2O2/c1-13(2)11-18(19(24)22-16-9-7-15(21)8-10-16)23-12-14-5-3-4-6-17(14)20(23)25/h3-10,13,18H,11-12H2,1-2H3,(H,22,24)/t18-/m0/s1. The Morgan fingerprint density at radius 3 is 2.48 bits per heavy atom. The molecular formula is C20H21ClN2O2. The van der Waals surface area contributed by atoms with Gasteiger partial charge in [-0.05, 0) is 48.2 Å². The molecule has 4 nitrogen and oxygen atoms in total. The fraction of sp³-hybridized carbons (Fsp3) is 0.300. The molecule has 25 heavy (non-hydrogen) atoms. The van der Waals surface area contributed by atoms with Crippen molar-refractivity contribution in [2.45, 2.75) is 32.9 Å². The number of rotatable bonds is 5. The van der Waals surface area contributed by atoms with Crippen LogP contribution >= 0.6 is 11.6 Å². The van der Waals surface area contributed by atoms with Gasteiger partial charge in [-0.15, -0.1) is 0 Å². The van der Waals surface area contributed by atoms with E-state index in [1.165, 1.54) is 0 Å². The molecule has 0 saturated heterocycles. The predicted molar refractivity (Wildman–Crippen MR) is 99.6 cm³/mol. The van der Waals surface area contributed by atoms with Gasteiger partial charge in [-0.3, -0.25) is 9.59 Å². The van der Waals surface area contributed by atoms with Crippen molar-refractivity contribution in [3.8, 4) is 0 Å². The lowest BCUT2D eigenvalue weighted by atomic mass is 10.0. The molecule has 0 aliphatic carbocycles. The molecule has 1 atom stereocenters. The van der Waals surface area contributed by atoms with E-state index < -0.39 is 6.04 Å². The Balaban J connectivity index is 1.81. The molecule has 0 saturated carbocycles. The van der Waals surface area contributed by atoms with Crippen LogP contribution in [0.3, 0.4) is 0 Å². The lowest BCUT2D eigenvalue weighted by Crippen LogP contribution is -2.45. The van der Waals surface area contributed by atoms with E-state index in [0.717, 1.165) is 5.56 Å². The van der Waals surface area contributed by atoms with Crippen molar-refractivity contribution in [3.63, 3.8) is 0 Å². The summed E-state index contributed by atoms with van der Waals surface area (Å²) in [6.45, 7) is 4.58. The number of fused-ring (bicyclic) bond motifs is 1. The van der Waals surface area contributed by atoms with E-state index >= 15 is 0 Å². The number of anilines is 1. The number of hydrogen-bond donors (Lipinski definition) is 1. The van der Waals surface area contributed by atoms with Gasteiger partial charge in [0.05, 0.1) is 0 Å². The molecule has 0 aromatic heterocycles. The normalized spacial score (nSPS) is 14.6. The Morgan fingerprint density at radius 1 is 1.16 bits per heavy atom. The van der Waals surface area contributed by atoms with Gasteiger partial charge in [-0.1, -0.05) is 43.6 Å². The van der Waals surface area contributed by atoms with E-state index in [9.17, 15) is 9.59 Å². The first-order valence-electron chi connectivity index (χ1n) is 8.41. The lowest BCUT2D eigenvalue weighted by molar-refractivity contribution is -0.121. The van der Waals surface area contributed by atoms with Crippen molar-refractivity contribution in [2.24, 2.45) is 5.92 Å². The summed E-state index contributed by atoms with van der Waals surface area (Å²) in [6, 6.07) is 14.0. The zero-order valence-corrected chi connectivity index (χ0v) is 15.1. The molecular weight excluding hydrogens is 336 g/mol.